The van der Waals surface area contributed by atoms with E-state index in [-0.39, 0.29) is 12.2 Å². The Labute approximate surface area is 272 Å². The first-order valence-electron chi connectivity index (χ1n) is 16.0. The molecule has 0 atom stereocenters. The standard InChI is InChI=1S/C36H35N7O4/c1-24-6-5-9-29-32(24)42(36(45)47-23-25-7-3-2-4-8-25)15-14-41(29)31-20-27-22-37-35-38-28-11-10-26-12-13-40(30(26)21-28)16-18-46-19-17-43(34(31)44)33(27)39-35/h2-11,20-22H,12-19,23H2,1H3,(H,37,38,39). The van der Waals surface area contributed by atoms with Gasteiger partial charge in [-0.05, 0) is 54.3 Å². The Balaban J connectivity index is 1.15. The lowest BCUT2D eigenvalue weighted by molar-refractivity contribution is 0.132. The highest BCUT2D eigenvalue weighted by Gasteiger charge is 2.32. The minimum absolute atomic E-state index is 0.180. The minimum Gasteiger partial charge on any atom is -0.444 e. The van der Waals surface area contributed by atoms with Crippen LogP contribution in [0.3, 0.4) is 0 Å². The fourth-order valence-electron chi connectivity index (χ4n) is 6.80. The van der Waals surface area contributed by atoms with Crippen molar-refractivity contribution in [3.8, 4) is 0 Å². The maximum atomic E-state index is 14.4. The van der Waals surface area contributed by atoms with Crippen LogP contribution in [-0.2, 0) is 29.0 Å². The van der Waals surface area contributed by atoms with Gasteiger partial charge >= 0.3 is 6.09 Å². The number of carbonyl (C=O) groups excluding carboxylic acids is 1. The number of rotatable bonds is 3. The molecule has 0 saturated carbocycles. The average Bonchev–Trinajstić information content (AvgIpc) is 3.50. The summed E-state index contributed by atoms with van der Waals surface area (Å²) in [4.78, 5) is 43.2. The fourth-order valence-corrected chi connectivity index (χ4v) is 6.80. The van der Waals surface area contributed by atoms with E-state index in [1.165, 1.54) is 11.3 Å². The van der Waals surface area contributed by atoms with E-state index in [1.54, 1.807) is 15.7 Å². The number of carbonyl (C=O) groups is 1. The van der Waals surface area contributed by atoms with E-state index in [9.17, 15) is 9.59 Å². The van der Waals surface area contributed by atoms with Gasteiger partial charge in [-0.3, -0.25) is 14.3 Å². The van der Waals surface area contributed by atoms with E-state index in [0.717, 1.165) is 53.1 Å². The zero-order valence-corrected chi connectivity index (χ0v) is 26.2. The molecule has 0 radical (unpaired) electrons. The highest BCUT2D eigenvalue weighted by atomic mass is 16.6. The molecule has 8 rings (SSSR count). The van der Waals surface area contributed by atoms with E-state index in [2.05, 4.69) is 27.3 Å². The van der Waals surface area contributed by atoms with Crippen molar-refractivity contribution < 1.29 is 14.3 Å². The van der Waals surface area contributed by atoms with Crippen LogP contribution < -0.4 is 25.6 Å². The predicted octanol–water partition coefficient (Wildman–Crippen LogP) is 5.53. The van der Waals surface area contributed by atoms with Crippen LogP contribution in [0.2, 0.25) is 0 Å². The van der Waals surface area contributed by atoms with Gasteiger partial charge in [-0.1, -0.05) is 48.5 Å². The number of fused-ring (bicyclic) bond motifs is 3. The number of aromatic nitrogens is 3. The fraction of sp³-hybridized carbons (Fsp3) is 0.278. The number of aryl methyl sites for hydroxylation is 1. The molecular weight excluding hydrogens is 594 g/mol. The molecule has 11 nitrogen and oxygen atoms in total. The van der Waals surface area contributed by atoms with Crippen LogP contribution in [0, 0.1) is 6.92 Å². The predicted molar refractivity (Wildman–Crippen MR) is 182 cm³/mol. The summed E-state index contributed by atoms with van der Waals surface area (Å²) in [6, 6.07) is 23.7. The van der Waals surface area contributed by atoms with Gasteiger partial charge in [0, 0.05) is 49.1 Å². The van der Waals surface area contributed by atoms with Gasteiger partial charge in [0.25, 0.3) is 5.56 Å². The molecule has 0 saturated heterocycles. The molecule has 3 aromatic carbocycles. The van der Waals surface area contributed by atoms with E-state index >= 15 is 0 Å². The number of nitrogens with one attached hydrogen (secondary N) is 1. The number of anilines is 6. The molecule has 5 aromatic rings. The maximum absolute atomic E-state index is 14.4. The topological polar surface area (TPSA) is 105 Å². The Morgan fingerprint density at radius 2 is 1.79 bits per heavy atom. The molecule has 0 aliphatic carbocycles. The van der Waals surface area contributed by atoms with Gasteiger partial charge in [-0.15, -0.1) is 0 Å². The van der Waals surface area contributed by atoms with Crippen LogP contribution >= 0.6 is 0 Å². The maximum Gasteiger partial charge on any atom is 0.414 e. The van der Waals surface area contributed by atoms with Gasteiger partial charge in [0.15, 0.2) is 0 Å². The SMILES string of the molecule is Cc1cccc2c1N(C(=O)OCc1ccccc1)CCN2c1cc2cnc3nc2n(c1=O)CCOCCN1CCc2ccc(cc21)N3. The first-order valence-corrected chi connectivity index (χ1v) is 16.0. The number of benzene rings is 3. The number of ether oxygens (including phenoxy) is 2. The monoisotopic (exact) mass is 629 g/mol. The molecule has 0 fully saturated rings. The zero-order chi connectivity index (χ0) is 31.9. The highest BCUT2D eigenvalue weighted by molar-refractivity contribution is 5.97. The third kappa shape index (κ3) is 5.42. The number of amides is 1. The van der Waals surface area contributed by atoms with Crippen molar-refractivity contribution in [2.24, 2.45) is 0 Å². The van der Waals surface area contributed by atoms with Crippen LogP contribution in [0.25, 0.3) is 11.0 Å². The van der Waals surface area contributed by atoms with Gasteiger partial charge in [0.1, 0.15) is 17.9 Å². The molecule has 0 unspecified atom stereocenters. The second kappa shape index (κ2) is 12.1. The van der Waals surface area contributed by atoms with Crippen molar-refractivity contribution in [2.45, 2.75) is 26.5 Å². The number of pyridine rings is 1. The molecule has 3 aliphatic heterocycles. The summed E-state index contributed by atoms with van der Waals surface area (Å²) >= 11 is 0. The van der Waals surface area contributed by atoms with Gasteiger partial charge in [0.2, 0.25) is 5.95 Å². The number of para-hydroxylation sites is 1. The molecule has 47 heavy (non-hydrogen) atoms. The van der Waals surface area contributed by atoms with Gasteiger partial charge in [-0.25, -0.2) is 9.78 Å². The number of hydrogen-bond donors (Lipinski definition) is 1. The molecule has 1 N–H and O–H groups in total. The van der Waals surface area contributed by atoms with Crippen LogP contribution in [0.1, 0.15) is 16.7 Å². The second-order valence-electron chi connectivity index (χ2n) is 12.1. The first kappa shape index (κ1) is 29.0. The highest BCUT2D eigenvalue weighted by Crippen LogP contribution is 2.40. The quantitative estimate of drug-likeness (QED) is 0.276. The molecule has 2 aromatic heterocycles. The van der Waals surface area contributed by atoms with Crippen LogP contribution in [0.15, 0.2) is 83.8 Å². The summed E-state index contributed by atoms with van der Waals surface area (Å²) < 4.78 is 13.5. The van der Waals surface area contributed by atoms with Crippen molar-refractivity contribution >= 4 is 51.5 Å². The van der Waals surface area contributed by atoms with Crippen LogP contribution in [0.5, 0.6) is 0 Å². The lowest BCUT2D eigenvalue weighted by Gasteiger charge is -2.38. The summed E-state index contributed by atoms with van der Waals surface area (Å²) in [5.74, 6) is 0.421. The molecule has 0 spiro atoms. The lowest BCUT2D eigenvalue weighted by Crippen LogP contribution is -2.44. The van der Waals surface area contributed by atoms with Crippen molar-refractivity contribution in [3.05, 3.63) is 106 Å². The Morgan fingerprint density at radius 1 is 0.915 bits per heavy atom. The summed E-state index contributed by atoms with van der Waals surface area (Å²) in [6.45, 7) is 5.88. The molecule has 11 heteroatoms. The van der Waals surface area contributed by atoms with Crippen molar-refractivity contribution in [1.82, 2.24) is 14.5 Å². The van der Waals surface area contributed by atoms with Crippen molar-refractivity contribution in [2.75, 3.05) is 59.4 Å². The average molecular weight is 630 g/mol. The van der Waals surface area contributed by atoms with E-state index in [4.69, 9.17) is 14.5 Å². The first-order chi connectivity index (χ1) is 23.0. The van der Waals surface area contributed by atoms with E-state index < -0.39 is 6.09 Å². The Kier molecular flexibility index (Phi) is 7.45. The Morgan fingerprint density at radius 3 is 2.68 bits per heavy atom. The Bertz CT molecular complexity index is 2050. The largest absolute Gasteiger partial charge is 0.444 e. The zero-order valence-electron chi connectivity index (χ0n) is 26.2. The normalized spacial score (nSPS) is 15.7. The summed E-state index contributed by atoms with van der Waals surface area (Å²) in [5.41, 5.74) is 7.58. The van der Waals surface area contributed by atoms with Crippen LogP contribution in [0.4, 0.5) is 39.2 Å². The summed E-state index contributed by atoms with van der Waals surface area (Å²) in [7, 11) is 0. The van der Waals surface area contributed by atoms with Gasteiger partial charge < -0.3 is 24.6 Å². The summed E-state index contributed by atoms with van der Waals surface area (Å²) in [6.07, 6.45) is 2.34. The molecular formula is C36H35N7O4. The molecule has 238 valence electrons. The molecule has 5 heterocycles. The smallest absolute Gasteiger partial charge is 0.414 e. The third-order valence-electron chi connectivity index (χ3n) is 9.15. The molecule has 4 bridgehead atoms. The minimum atomic E-state index is -0.422. The lowest BCUT2D eigenvalue weighted by atomic mass is 10.1. The summed E-state index contributed by atoms with van der Waals surface area (Å²) in [5, 5.41) is 4.09. The third-order valence-corrected chi connectivity index (χ3v) is 9.15. The van der Waals surface area contributed by atoms with Crippen molar-refractivity contribution in [1.29, 1.82) is 0 Å². The Hall–Kier alpha value is -5.42. The second-order valence-corrected chi connectivity index (χ2v) is 12.1. The van der Waals surface area contributed by atoms with E-state index in [0.29, 0.717) is 50.1 Å². The van der Waals surface area contributed by atoms with Gasteiger partial charge in [-0.2, -0.15) is 4.98 Å². The van der Waals surface area contributed by atoms with Crippen LogP contribution in [-0.4, -0.2) is 60.0 Å². The van der Waals surface area contributed by atoms with Crippen molar-refractivity contribution in [3.63, 3.8) is 0 Å². The number of hydrogen-bond acceptors (Lipinski definition) is 9. The van der Waals surface area contributed by atoms with E-state index in [1.807, 2.05) is 72.5 Å². The van der Waals surface area contributed by atoms with Gasteiger partial charge in [0.05, 0.1) is 31.1 Å². The molecule has 1 amide bonds. The number of nitrogens with zero attached hydrogens (tertiary/aromatic N) is 6. The molecule has 3 aliphatic rings.